The Labute approximate surface area is 120 Å². The molecule has 0 saturated carbocycles. The van der Waals surface area contributed by atoms with Crippen LogP contribution < -0.4 is 4.74 Å². The summed E-state index contributed by atoms with van der Waals surface area (Å²) in [6.07, 6.45) is 0. The van der Waals surface area contributed by atoms with Gasteiger partial charge in [0.1, 0.15) is 11.6 Å². The first kappa shape index (κ1) is 12.9. The third kappa shape index (κ3) is 2.10. The number of aromatic amines is 1. The maximum absolute atomic E-state index is 13.3. The monoisotopic (exact) mass is 288 g/mol. The third-order valence-corrected chi connectivity index (χ3v) is 3.33. The molecular formula is C15H13FN2OS. The lowest BCUT2D eigenvalue weighted by Gasteiger charge is -2.11. The Morgan fingerprint density at radius 1 is 1.25 bits per heavy atom. The van der Waals surface area contributed by atoms with Gasteiger partial charge in [-0.3, -0.25) is 4.57 Å². The Kier molecular flexibility index (Phi) is 3.28. The molecule has 0 fully saturated rings. The van der Waals surface area contributed by atoms with Gasteiger partial charge in [-0.25, -0.2) is 4.39 Å². The SMILES string of the molecule is CCOc1ccccc1-n1c(=S)[nH]c2cc(F)ccc21. The standard InChI is InChI=1S/C15H13FN2OS/c1-2-19-14-6-4-3-5-13(14)18-12-8-7-10(16)9-11(12)17-15(18)20/h3-9H,2H2,1H3,(H,17,20). The first-order valence-electron chi connectivity index (χ1n) is 6.33. The minimum atomic E-state index is -0.293. The first-order valence-corrected chi connectivity index (χ1v) is 6.74. The van der Waals surface area contributed by atoms with Crippen molar-refractivity contribution in [2.24, 2.45) is 0 Å². The average Bonchev–Trinajstić information content (AvgIpc) is 2.75. The number of hydrogen-bond donors (Lipinski definition) is 1. The second kappa shape index (κ2) is 5.09. The summed E-state index contributed by atoms with van der Waals surface area (Å²) >= 11 is 5.35. The molecule has 3 aromatic rings. The van der Waals surface area contributed by atoms with Crippen LogP contribution in [0.1, 0.15) is 6.92 Å². The molecule has 0 amide bonds. The van der Waals surface area contributed by atoms with Crippen molar-refractivity contribution in [2.45, 2.75) is 6.92 Å². The number of nitrogens with zero attached hydrogens (tertiary/aromatic N) is 1. The molecule has 0 spiro atoms. The summed E-state index contributed by atoms with van der Waals surface area (Å²) < 4.78 is 21.3. The minimum absolute atomic E-state index is 0.293. The van der Waals surface area contributed by atoms with Gasteiger partial charge in [-0.1, -0.05) is 12.1 Å². The Balaban J connectivity index is 2.30. The second-order valence-electron chi connectivity index (χ2n) is 4.33. The second-order valence-corrected chi connectivity index (χ2v) is 4.71. The van der Waals surface area contributed by atoms with Crippen molar-refractivity contribution in [1.29, 1.82) is 0 Å². The Morgan fingerprint density at radius 3 is 2.85 bits per heavy atom. The smallest absolute Gasteiger partial charge is 0.182 e. The number of rotatable bonds is 3. The molecule has 0 aliphatic heterocycles. The molecule has 5 heteroatoms. The van der Waals surface area contributed by atoms with Crippen molar-refractivity contribution in [3.05, 3.63) is 53.1 Å². The van der Waals surface area contributed by atoms with Gasteiger partial charge in [0, 0.05) is 0 Å². The van der Waals surface area contributed by atoms with Crippen molar-refractivity contribution in [1.82, 2.24) is 9.55 Å². The molecule has 0 aliphatic carbocycles. The molecule has 1 aromatic heterocycles. The third-order valence-electron chi connectivity index (χ3n) is 3.05. The van der Waals surface area contributed by atoms with Crippen LogP contribution in [-0.2, 0) is 0 Å². The molecule has 0 radical (unpaired) electrons. The van der Waals surface area contributed by atoms with Gasteiger partial charge in [0.25, 0.3) is 0 Å². The van der Waals surface area contributed by atoms with E-state index in [0.717, 1.165) is 17.0 Å². The number of nitrogens with one attached hydrogen (secondary N) is 1. The van der Waals surface area contributed by atoms with Crippen LogP contribution in [-0.4, -0.2) is 16.2 Å². The van der Waals surface area contributed by atoms with Crippen LogP contribution in [0.4, 0.5) is 4.39 Å². The van der Waals surface area contributed by atoms with Crippen LogP contribution in [0.3, 0.4) is 0 Å². The van der Waals surface area contributed by atoms with E-state index in [4.69, 9.17) is 17.0 Å². The first-order chi connectivity index (χ1) is 9.70. The molecule has 20 heavy (non-hydrogen) atoms. The number of aromatic nitrogens is 2. The van der Waals surface area contributed by atoms with Gasteiger partial charge in [-0.2, -0.15) is 0 Å². The summed E-state index contributed by atoms with van der Waals surface area (Å²) in [6.45, 7) is 2.50. The van der Waals surface area contributed by atoms with Crippen LogP contribution in [0.15, 0.2) is 42.5 Å². The van der Waals surface area contributed by atoms with E-state index in [0.29, 0.717) is 16.9 Å². The van der Waals surface area contributed by atoms with Crippen LogP contribution >= 0.6 is 12.2 Å². The fourth-order valence-electron chi connectivity index (χ4n) is 2.24. The van der Waals surface area contributed by atoms with Crippen molar-refractivity contribution in [2.75, 3.05) is 6.61 Å². The predicted octanol–water partition coefficient (Wildman–Crippen LogP) is 4.23. The Hall–Kier alpha value is -2.14. The molecule has 2 aromatic carbocycles. The number of halogens is 1. The van der Waals surface area contributed by atoms with Crippen molar-refractivity contribution < 1.29 is 9.13 Å². The highest BCUT2D eigenvalue weighted by Crippen LogP contribution is 2.27. The summed E-state index contributed by atoms with van der Waals surface area (Å²) in [5.74, 6) is 0.454. The van der Waals surface area contributed by atoms with E-state index in [9.17, 15) is 4.39 Å². The number of ether oxygens (including phenoxy) is 1. The number of imidazole rings is 1. The molecule has 1 N–H and O–H groups in total. The van der Waals surface area contributed by atoms with Gasteiger partial charge in [-0.15, -0.1) is 0 Å². The topological polar surface area (TPSA) is 29.9 Å². The normalized spacial score (nSPS) is 10.9. The van der Waals surface area contributed by atoms with Gasteiger partial charge in [0.05, 0.1) is 23.3 Å². The molecule has 0 bridgehead atoms. The highest BCUT2D eigenvalue weighted by atomic mass is 32.1. The van der Waals surface area contributed by atoms with Gasteiger partial charge in [-0.05, 0) is 49.5 Å². The number of H-pyrrole nitrogens is 1. The summed E-state index contributed by atoms with van der Waals surface area (Å²) in [7, 11) is 0. The summed E-state index contributed by atoms with van der Waals surface area (Å²) in [5, 5.41) is 0. The van der Waals surface area contributed by atoms with Crippen molar-refractivity contribution >= 4 is 23.3 Å². The molecule has 0 aliphatic rings. The van der Waals surface area contributed by atoms with Crippen molar-refractivity contribution in [3.8, 4) is 11.4 Å². The number of benzene rings is 2. The van der Waals surface area contributed by atoms with E-state index in [2.05, 4.69) is 4.98 Å². The van der Waals surface area contributed by atoms with Gasteiger partial charge in [0.2, 0.25) is 0 Å². The number of para-hydroxylation sites is 2. The lowest BCUT2D eigenvalue weighted by atomic mass is 10.2. The molecule has 1 heterocycles. The lowest BCUT2D eigenvalue weighted by Crippen LogP contribution is -2.00. The predicted molar refractivity (Wildman–Crippen MR) is 79.6 cm³/mol. The Bertz CT molecular complexity index is 822. The minimum Gasteiger partial charge on any atom is -0.492 e. The zero-order chi connectivity index (χ0) is 14.1. The van der Waals surface area contributed by atoms with Gasteiger partial charge < -0.3 is 9.72 Å². The molecule has 3 nitrogen and oxygen atoms in total. The Morgan fingerprint density at radius 2 is 2.05 bits per heavy atom. The van der Waals surface area contributed by atoms with Crippen LogP contribution in [0.5, 0.6) is 5.75 Å². The van der Waals surface area contributed by atoms with Crippen LogP contribution in [0.2, 0.25) is 0 Å². The lowest BCUT2D eigenvalue weighted by molar-refractivity contribution is 0.339. The average molecular weight is 288 g/mol. The highest BCUT2D eigenvalue weighted by molar-refractivity contribution is 7.71. The van der Waals surface area contributed by atoms with E-state index in [1.807, 2.05) is 35.8 Å². The number of hydrogen-bond acceptors (Lipinski definition) is 2. The zero-order valence-electron chi connectivity index (χ0n) is 10.9. The summed E-state index contributed by atoms with van der Waals surface area (Å²) in [6, 6.07) is 12.2. The zero-order valence-corrected chi connectivity index (χ0v) is 11.7. The molecule has 0 saturated heterocycles. The van der Waals surface area contributed by atoms with Crippen LogP contribution in [0, 0.1) is 10.6 Å². The van der Waals surface area contributed by atoms with E-state index in [-0.39, 0.29) is 5.82 Å². The maximum Gasteiger partial charge on any atom is 0.182 e. The van der Waals surface area contributed by atoms with Crippen molar-refractivity contribution in [3.63, 3.8) is 0 Å². The summed E-state index contributed by atoms with van der Waals surface area (Å²) in [4.78, 5) is 3.02. The molecular weight excluding hydrogens is 275 g/mol. The quantitative estimate of drug-likeness (QED) is 0.731. The molecule has 3 rings (SSSR count). The fraction of sp³-hybridized carbons (Fsp3) is 0.133. The molecule has 0 atom stereocenters. The highest BCUT2D eigenvalue weighted by Gasteiger charge is 2.11. The summed E-state index contributed by atoms with van der Waals surface area (Å²) in [5.41, 5.74) is 2.34. The van der Waals surface area contributed by atoms with Gasteiger partial charge in [0.15, 0.2) is 4.77 Å². The fourth-order valence-corrected chi connectivity index (χ4v) is 2.55. The number of fused-ring (bicyclic) bond motifs is 1. The van der Waals surface area contributed by atoms with E-state index in [1.54, 1.807) is 6.07 Å². The van der Waals surface area contributed by atoms with E-state index >= 15 is 0 Å². The molecule has 0 unspecified atom stereocenters. The van der Waals surface area contributed by atoms with Crippen LogP contribution in [0.25, 0.3) is 16.7 Å². The van der Waals surface area contributed by atoms with Gasteiger partial charge >= 0.3 is 0 Å². The largest absolute Gasteiger partial charge is 0.492 e. The van der Waals surface area contributed by atoms with E-state index < -0.39 is 0 Å². The van der Waals surface area contributed by atoms with E-state index in [1.165, 1.54) is 12.1 Å². The molecule has 102 valence electrons. The maximum atomic E-state index is 13.3.